The third-order valence-corrected chi connectivity index (χ3v) is 2.63. The molecule has 0 aromatic heterocycles. The Kier molecular flexibility index (Phi) is 4.76. The van der Waals surface area contributed by atoms with E-state index in [1.54, 1.807) is 13.0 Å². The Morgan fingerprint density at radius 3 is 1.93 bits per heavy atom. The largest absolute Gasteiger partial charge is 0.400 e. The molecule has 14 heavy (non-hydrogen) atoms. The zero-order valence-corrected chi connectivity index (χ0v) is 9.17. The fourth-order valence-corrected chi connectivity index (χ4v) is 1.44. The first kappa shape index (κ1) is 13.1. The molecule has 2 N–H and O–H groups in total. The standard InChI is InChI=1S/C8H10O3S.CH4O/c1-6-3-4-8(5-7(6)2)12(9,10)11;1-2/h3-5H,1-2H3,(H,9,10,11);2H,1H3. The molecule has 0 unspecified atom stereocenters. The summed E-state index contributed by atoms with van der Waals surface area (Å²) in [4.78, 5) is -0.0504. The number of hydrogen-bond acceptors (Lipinski definition) is 3. The van der Waals surface area contributed by atoms with Crippen LogP contribution in [0.3, 0.4) is 0 Å². The molecule has 0 amide bonds. The molecule has 0 atom stereocenters. The van der Waals surface area contributed by atoms with E-state index in [0.29, 0.717) is 0 Å². The molecule has 0 spiro atoms. The molecule has 0 radical (unpaired) electrons. The molecule has 80 valence electrons. The Labute approximate surface area is 84.0 Å². The van der Waals surface area contributed by atoms with Crippen molar-refractivity contribution in [2.24, 2.45) is 0 Å². The molecule has 0 saturated carbocycles. The van der Waals surface area contributed by atoms with Crippen LogP contribution in [0.15, 0.2) is 23.1 Å². The molecule has 1 aromatic rings. The zero-order valence-electron chi connectivity index (χ0n) is 8.35. The molecule has 0 aliphatic carbocycles. The summed E-state index contributed by atoms with van der Waals surface area (Å²) in [5, 5.41) is 7.00. The predicted molar refractivity (Wildman–Crippen MR) is 53.9 cm³/mol. The van der Waals surface area contributed by atoms with E-state index >= 15 is 0 Å². The Bertz CT molecular complexity index is 395. The maximum atomic E-state index is 10.7. The van der Waals surface area contributed by atoms with Gasteiger partial charge in [-0.15, -0.1) is 0 Å². The summed E-state index contributed by atoms with van der Waals surface area (Å²) < 4.78 is 30.0. The molecular formula is C9H14O4S. The van der Waals surface area contributed by atoms with Crippen LogP contribution in [0.2, 0.25) is 0 Å². The van der Waals surface area contributed by atoms with Crippen molar-refractivity contribution in [1.82, 2.24) is 0 Å². The van der Waals surface area contributed by atoms with Crippen LogP contribution >= 0.6 is 0 Å². The van der Waals surface area contributed by atoms with E-state index in [1.807, 2.05) is 6.92 Å². The number of aliphatic hydroxyl groups is 1. The van der Waals surface area contributed by atoms with Gasteiger partial charge >= 0.3 is 0 Å². The highest BCUT2D eigenvalue weighted by atomic mass is 32.2. The van der Waals surface area contributed by atoms with Gasteiger partial charge < -0.3 is 5.11 Å². The average molecular weight is 218 g/mol. The molecule has 0 bridgehead atoms. The second-order valence-corrected chi connectivity index (χ2v) is 4.14. The Hall–Kier alpha value is -0.910. The van der Waals surface area contributed by atoms with E-state index in [0.717, 1.165) is 18.2 Å². The van der Waals surface area contributed by atoms with Crippen LogP contribution in [0.1, 0.15) is 11.1 Å². The van der Waals surface area contributed by atoms with Gasteiger partial charge in [-0.2, -0.15) is 8.42 Å². The third kappa shape index (κ3) is 3.45. The fourth-order valence-electron chi connectivity index (χ4n) is 0.874. The van der Waals surface area contributed by atoms with Gasteiger partial charge in [0.1, 0.15) is 0 Å². The van der Waals surface area contributed by atoms with Crippen molar-refractivity contribution in [3.8, 4) is 0 Å². The predicted octanol–water partition coefficient (Wildman–Crippen LogP) is 1.16. The molecule has 0 saturated heterocycles. The Morgan fingerprint density at radius 1 is 1.07 bits per heavy atom. The summed E-state index contributed by atoms with van der Waals surface area (Å²) in [5.74, 6) is 0. The number of benzene rings is 1. The quantitative estimate of drug-likeness (QED) is 0.694. The summed E-state index contributed by atoms with van der Waals surface area (Å²) >= 11 is 0. The molecule has 0 heterocycles. The van der Waals surface area contributed by atoms with Gasteiger partial charge in [0.05, 0.1) is 4.90 Å². The van der Waals surface area contributed by atoms with Crippen molar-refractivity contribution >= 4 is 10.1 Å². The van der Waals surface area contributed by atoms with Crippen LogP contribution in [-0.4, -0.2) is 25.2 Å². The fraction of sp³-hybridized carbons (Fsp3) is 0.333. The summed E-state index contributed by atoms with van der Waals surface area (Å²) in [6, 6.07) is 4.50. The molecular weight excluding hydrogens is 204 g/mol. The van der Waals surface area contributed by atoms with Crippen molar-refractivity contribution in [3.63, 3.8) is 0 Å². The summed E-state index contributed by atoms with van der Waals surface area (Å²) in [6.45, 7) is 3.67. The van der Waals surface area contributed by atoms with Crippen LogP contribution in [0.25, 0.3) is 0 Å². The summed E-state index contributed by atoms with van der Waals surface area (Å²) in [7, 11) is -3.04. The average Bonchev–Trinajstić information content (AvgIpc) is 2.11. The van der Waals surface area contributed by atoms with E-state index in [2.05, 4.69) is 0 Å². The van der Waals surface area contributed by atoms with E-state index in [1.165, 1.54) is 12.1 Å². The zero-order chi connectivity index (χ0) is 11.4. The van der Waals surface area contributed by atoms with Crippen LogP contribution < -0.4 is 0 Å². The second-order valence-electron chi connectivity index (χ2n) is 2.72. The highest BCUT2D eigenvalue weighted by Gasteiger charge is 2.08. The first-order valence-electron chi connectivity index (χ1n) is 3.91. The van der Waals surface area contributed by atoms with Crippen LogP contribution in [0, 0.1) is 13.8 Å². The molecule has 5 heteroatoms. The van der Waals surface area contributed by atoms with Gasteiger partial charge in [-0.3, -0.25) is 4.55 Å². The van der Waals surface area contributed by atoms with Gasteiger partial charge in [0.2, 0.25) is 0 Å². The highest BCUT2D eigenvalue weighted by molar-refractivity contribution is 7.85. The lowest BCUT2D eigenvalue weighted by Gasteiger charge is -2.01. The minimum atomic E-state index is -4.04. The molecule has 0 fully saturated rings. The van der Waals surface area contributed by atoms with Gasteiger partial charge in [-0.05, 0) is 37.1 Å². The summed E-state index contributed by atoms with van der Waals surface area (Å²) in [6.07, 6.45) is 0. The maximum Gasteiger partial charge on any atom is 0.294 e. The van der Waals surface area contributed by atoms with Gasteiger partial charge in [0.25, 0.3) is 10.1 Å². The first-order chi connectivity index (χ1) is 6.41. The van der Waals surface area contributed by atoms with Gasteiger partial charge in [-0.25, -0.2) is 0 Å². The maximum absolute atomic E-state index is 10.7. The lowest BCUT2D eigenvalue weighted by molar-refractivity contribution is 0.399. The van der Waals surface area contributed by atoms with Crippen molar-refractivity contribution in [1.29, 1.82) is 0 Å². The Balaban J connectivity index is 0.000000791. The molecule has 0 aliphatic rings. The van der Waals surface area contributed by atoms with E-state index in [4.69, 9.17) is 9.66 Å². The normalized spacial score (nSPS) is 10.4. The van der Waals surface area contributed by atoms with Crippen LogP contribution in [0.5, 0.6) is 0 Å². The topological polar surface area (TPSA) is 74.6 Å². The summed E-state index contributed by atoms with van der Waals surface area (Å²) in [5.41, 5.74) is 1.85. The minimum absolute atomic E-state index is 0.0504. The van der Waals surface area contributed by atoms with Crippen molar-refractivity contribution in [2.45, 2.75) is 18.7 Å². The van der Waals surface area contributed by atoms with E-state index in [9.17, 15) is 8.42 Å². The van der Waals surface area contributed by atoms with E-state index < -0.39 is 10.1 Å². The van der Waals surface area contributed by atoms with Crippen LogP contribution in [0.4, 0.5) is 0 Å². The third-order valence-electron chi connectivity index (χ3n) is 1.78. The van der Waals surface area contributed by atoms with Crippen molar-refractivity contribution in [2.75, 3.05) is 7.11 Å². The van der Waals surface area contributed by atoms with Gasteiger partial charge in [0, 0.05) is 7.11 Å². The second kappa shape index (κ2) is 5.09. The van der Waals surface area contributed by atoms with Crippen molar-refractivity contribution < 1.29 is 18.1 Å². The minimum Gasteiger partial charge on any atom is -0.400 e. The lowest BCUT2D eigenvalue weighted by atomic mass is 10.1. The van der Waals surface area contributed by atoms with Crippen molar-refractivity contribution in [3.05, 3.63) is 29.3 Å². The number of hydrogen-bond donors (Lipinski definition) is 2. The van der Waals surface area contributed by atoms with Gasteiger partial charge in [0.15, 0.2) is 0 Å². The highest BCUT2D eigenvalue weighted by Crippen LogP contribution is 2.13. The Morgan fingerprint density at radius 2 is 1.57 bits per heavy atom. The first-order valence-corrected chi connectivity index (χ1v) is 5.35. The number of aliphatic hydroxyl groups excluding tert-OH is 1. The monoisotopic (exact) mass is 218 g/mol. The molecule has 1 rings (SSSR count). The molecule has 4 nitrogen and oxygen atoms in total. The molecule has 1 aromatic carbocycles. The van der Waals surface area contributed by atoms with E-state index in [-0.39, 0.29) is 4.90 Å². The number of rotatable bonds is 1. The lowest BCUT2D eigenvalue weighted by Crippen LogP contribution is -1.98. The SMILES string of the molecule is CO.Cc1ccc(S(=O)(=O)O)cc1C. The number of aryl methyl sites for hydroxylation is 2. The molecule has 0 aliphatic heterocycles. The van der Waals surface area contributed by atoms with Gasteiger partial charge in [-0.1, -0.05) is 6.07 Å². The smallest absolute Gasteiger partial charge is 0.294 e. The van der Waals surface area contributed by atoms with Crippen LogP contribution in [-0.2, 0) is 10.1 Å².